The van der Waals surface area contributed by atoms with E-state index in [2.05, 4.69) is 5.32 Å². The average molecular weight is 292 g/mol. The standard InChI is InChI=1S/C15H20N2O4/c18-14(12-3-1-9-20-12)16-11-5-7-17(8-6-11)15(19)13-4-2-10-21-13/h2,4,10-12H,1,3,5-9H2,(H,16,18)/t12-/m1/s1. The summed E-state index contributed by atoms with van der Waals surface area (Å²) in [5.41, 5.74) is 0. The summed E-state index contributed by atoms with van der Waals surface area (Å²) in [6.07, 6.45) is 4.51. The van der Waals surface area contributed by atoms with E-state index >= 15 is 0 Å². The molecule has 6 nitrogen and oxygen atoms in total. The van der Waals surface area contributed by atoms with Crippen LogP contribution in [0.5, 0.6) is 0 Å². The number of piperidine rings is 1. The molecule has 21 heavy (non-hydrogen) atoms. The molecule has 3 heterocycles. The number of hydrogen-bond donors (Lipinski definition) is 1. The molecule has 3 rings (SSSR count). The van der Waals surface area contributed by atoms with Gasteiger partial charge in [-0.2, -0.15) is 0 Å². The van der Waals surface area contributed by atoms with Crippen molar-refractivity contribution in [1.82, 2.24) is 10.2 Å². The van der Waals surface area contributed by atoms with Crippen molar-refractivity contribution in [3.8, 4) is 0 Å². The molecule has 0 saturated carbocycles. The van der Waals surface area contributed by atoms with Gasteiger partial charge < -0.3 is 19.4 Å². The second-order valence-corrected chi connectivity index (χ2v) is 5.55. The smallest absolute Gasteiger partial charge is 0.289 e. The van der Waals surface area contributed by atoms with E-state index in [1.165, 1.54) is 6.26 Å². The van der Waals surface area contributed by atoms with Crippen LogP contribution in [0.25, 0.3) is 0 Å². The zero-order chi connectivity index (χ0) is 14.7. The minimum Gasteiger partial charge on any atom is -0.459 e. The van der Waals surface area contributed by atoms with Gasteiger partial charge in [-0.05, 0) is 37.8 Å². The number of likely N-dealkylation sites (tertiary alicyclic amines) is 1. The van der Waals surface area contributed by atoms with Crippen LogP contribution in [0.4, 0.5) is 0 Å². The second-order valence-electron chi connectivity index (χ2n) is 5.55. The number of furan rings is 1. The van der Waals surface area contributed by atoms with Crippen molar-refractivity contribution in [2.24, 2.45) is 0 Å². The summed E-state index contributed by atoms with van der Waals surface area (Å²) in [7, 11) is 0. The lowest BCUT2D eigenvalue weighted by Gasteiger charge is -2.32. The Morgan fingerprint density at radius 2 is 2.05 bits per heavy atom. The molecule has 6 heteroatoms. The average Bonchev–Trinajstić information content (AvgIpc) is 3.20. The first kappa shape index (κ1) is 14.1. The number of ether oxygens (including phenoxy) is 1. The van der Waals surface area contributed by atoms with E-state index in [0.29, 0.717) is 25.5 Å². The summed E-state index contributed by atoms with van der Waals surface area (Å²) in [6.45, 7) is 1.94. The Hall–Kier alpha value is -1.82. The van der Waals surface area contributed by atoms with Crippen LogP contribution in [0.3, 0.4) is 0 Å². The highest BCUT2D eigenvalue weighted by Gasteiger charge is 2.29. The van der Waals surface area contributed by atoms with Crippen molar-refractivity contribution in [3.63, 3.8) is 0 Å². The van der Waals surface area contributed by atoms with Crippen molar-refractivity contribution in [1.29, 1.82) is 0 Å². The zero-order valence-corrected chi connectivity index (χ0v) is 11.9. The molecule has 1 atom stereocenters. The summed E-state index contributed by atoms with van der Waals surface area (Å²) in [4.78, 5) is 25.9. The SMILES string of the molecule is O=C(NC1CCN(C(=O)c2ccco2)CC1)[C@H]1CCCO1. The third-order valence-corrected chi connectivity index (χ3v) is 4.08. The monoisotopic (exact) mass is 292 g/mol. The second kappa shape index (κ2) is 6.30. The first-order chi connectivity index (χ1) is 10.2. The number of nitrogens with one attached hydrogen (secondary N) is 1. The van der Waals surface area contributed by atoms with E-state index in [-0.39, 0.29) is 24.0 Å². The fourth-order valence-corrected chi connectivity index (χ4v) is 2.86. The predicted octanol–water partition coefficient (Wildman–Crippen LogP) is 1.18. The van der Waals surface area contributed by atoms with Gasteiger partial charge in [-0.1, -0.05) is 0 Å². The lowest BCUT2D eigenvalue weighted by atomic mass is 10.0. The zero-order valence-electron chi connectivity index (χ0n) is 11.9. The minimum atomic E-state index is -0.284. The molecule has 1 N–H and O–H groups in total. The molecule has 0 spiro atoms. The summed E-state index contributed by atoms with van der Waals surface area (Å²) in [6, 6.07) is 3.51. The van der Waals surface area contributed by atoms with Gasteiger partial charge in [0.2, 0.25) is 5.91 Å². The number of hydrogen-bond acceptors (Lipinski definition) is 4. The number of amides is 2. The van der Waals surface area contributed by atoms with E-state index in [4.69, 9.17) is 9.15 Å². The molecule has 2 aliphatic rings. The van der Waals surface area contributed by atoms with Crippen LogP contribution in [0.1, 0.15) is 36.2 Å². The lowest BCUT2D eigenvalue weighted by molar-refractivity contribution is -0.131. The third kappa shape index (κ3) is 3.26. The highest BCUT2D eigenvalue weighted by molar-refractivity contribution is 5.91. The fraction of sp³-hybridized carbons (Fsp3) is 0.600. The molecular formula is C15H20N2O4. The van der Waals surface area contributed by atoms with Crippen LogP contribution < -0.4 is 5.32 Å². The number of rotatable bonds is 3. The Morgan fingerprint density at radius 3 is 2.67 bits per heavy atom. The predicted molar refractivity (Wildman–Crippen MR) is 74.8 cm³/mol. The summed E-state index contributed by atoms with van der Waals surface area (Å²) in [5.74, 6) is 0.282. The molecule has 2 amide bonds. The van der Waals surface area contributed by atoms with Crippen molar-refractivity contribution in [2.45, 2.75) is 37.8 Å². The molecule has 0 unspecified atom stereocenters. The van der Waals surface area contributed by atoms with Gasteiger partial charge in [0.15, 0.2) is 5.76 Å². The van der Waals surface area contributed by atoms with Crippen molar-refractivity contribution in [2.75, 3.05) is 19.7 Å². The van der Waals surface area contributed by atoms with Gasteiger partial charge in [-0.15, -0.1) is 0 Å². The molecule has 0 aromatic carbocycles. The summed E-state index contributed by atoms with van der Waals surface area (Å²) < 4.78 is 10.5. The Kier molecular flexibility index (Phi) is 4.24. The van der Waals surface area contributed by atoms with E-state index in [1.54, 1.807) is 17.0 Å². The van der Waals surface area contributed by atoms with Gasteiger partial charge in [0.1, 0.15) is 6.10 Å². The molecule has 1 aromatic heterocycles. The quantitative estimate of drug-likeness (QED) is 0.908. The van der Waals surface area contributed by atoms with Crippen LogP contribution in [0.15, 0.2) is 22.8 Å². The van der Waals surface area contributed by atoms with Crippen LogP contribution in [0.2, 0.25) is 0 Å². The highest BCUT2D eigenvalue weighted by Crippen LogP contribution is 2.16. The van der Waals surface area contributed by atoms with Crippen LogP contribution in [0, 0.1) is 0 Å². The number of carbonyl (C=O) groups is 2. The van der Waals surface area contributed by atoms with Crippen molar-refractivity contribution >= 4 is 11.8 Å². The molecule has 114 valence electrons. The number of nitrogens with zero attached hydrogens (tertiary/aromatic N) is 1. The highest BCUT2D eigenvalue weighted by atomic mass is 16.5. The van der Waals surface area contributed by atoms with E-state index in [1.807, 2.05) is 0 Å². The van der Waals surface area contributed by atoms with Crippen LogP contribution in [-0.2, 0) is 9.53 Å². The Labute approximate surface area is 123 Å². The van der Waals surface area contributed by atoms with Gasteiger partial charge in [0, 0.05) is 25.7 Å². The van der Waals surface area contributed by atoms with Crippen molar-refractivity contribution < 1.29 is 18.7 Å². The molecule has 2 aliphatic heterocycles. The van der Waals surface area contributed by atoms with Gasteiger partial charge >= 0.3 is 0 Å². The Morgan fingerprint density at radius 1 is 1.24 bits per heavy atom. The van der Waals surface area contributed by atoms with Gasteiger partial charge in [0.25, 0.3) is 5.91 Å². The van der Waals surface area contributed by atoms with Crippen LogP contribution in [-0.4, -0.2) is 48.6 Å². The lowest BCUT2D eigenvalue weighted by Crippen LogP contribution is -2.48. The van der Waals surface area contributed by atoms with E-state index in [0.717, 1.165) is 25.7 Å². The fourth-order valence-electron chi connectivity index (χ4n) is 2.86. The summed E-state index contributed by atoms with van der Waals surface area (Å²) >= 11 is 0. The first-order valence-electron chi connectivity index (χ1n) is 7.49. The minimum absolute atomic E-state index is 0.0108. The molecule has 2 saturated heterocycles. The molecule has 0 bridgehead atoms. The summed E-state index contributed by atoms with van der Waals surface area (Å²) in [5, 5.41) is 3.03. The van der Waals surface area contributed by atoms with Gasteiger partial charge in [-0.25, -0.2) is 0 Å². The maximum Gasteiger partial charge on any atom is 0.289 e. The largest absolute Gasteiger partial charge is 0.459 e. The molecule has 2 fully saturated rings. The Bertz CT molecular complexity index is 486. The van der Waals surface area contributed by atoms with E-state index < -0.39 is 0 Å². The van der Waals surface area contributed by atoms with E-state index in [9.17, 15) is 9.59 Å². The van der Waals surface area contributed by atoms with Gasteiger partial charge in [-0.3, -0.25) is 9.59 Å². The van der Waals surface area contributed by atoms with Crippen molar-refractivity contribution in [3.05, 3.63) is 24.2 Å². The van der Waals surface area contributed by atoms with Gasteiger partial charge in [0.05, 0.1) is 6.26 Å². The molecule has 1 aromatic rings. The maximum absolute atomic E-state index is 12.1. The maximum atomic E-state index is 12.1. The molecule has 0 aliphatic carbocycles. The first-order valence-corrected chi connectivity index (χ1v) is 7.49. The third-order valence-electron chi connectivity index (χ3n) is 4.08. The van der Waals surface area contributed by atoms with Crippen LogP contribution >= 0.6 is 0 Å². The molecule has 0 radical (unpaired) electrons. The number of carbonyl (C=O) groups excluding carboxylic acids is 2. The molecular weight excluding hydrogens is 272 g/mol. The Balaban J connectivity index is 1.46. The topological polar surface area (TPSA) is 71.8 Å². The normalized spacial score (nSPS) is 23.2.